The first kappa shape index (κ1) is 19.8. The molecule has 0 aliphatic rings. The van der Waals surface area contributed by atoms with E-state index in [1.165, 1.54) is 0 Å². The third-order valence-corrected chi connectivity index (χ3v) is 4.65. The summed E-state index contributed by atoms with van der Waals surface area (Å²) in [6.07, 6.45) is -4.36. The van der Waals surface area contributed by atoms with Crippen LogP contribution in [-0.2, 0) is 17.8 Å². The number of aromatic nitrogens is 2. The Hall–Kier alpha value is -2.47. The van der Waals surface area contributed by atoms with Gasteiger partial charge in [0.15, 0.2) is 6.29 Å². The van der Waals surface area contributed by atoms with Gasteiger partial charge in [0, 0.05) is 6.54 Å². The van der Waals surface area contributed by atoms with Gasteiger partial charge in [0.1, 0.15) is 9.71 Å². The van der Waals surface area contributed by atoms with E-state index in [0.29, 0.717) is 17.8 Å². The Morgan fingerprint density at radius 2 is 1.92 bits per heavy atom. The quantitative estimate of drug-likeness (QED) is 0.716. The summed E-state index contributed by atoms with van der Waals surface area (Å²) < 4.78 is 41.8. The summed E-state index contributed by atoms with van der Waals surface area (Å²) >= 11 is 0.478. The molecule has 2 aromatic rings. The van der Waals surface area contributed by atoms with E-state index < -0.39 is 47.2 Å². The maximum absolute atomic E-state index is 12.5. The zero-order valence-electron chi connectivity index (χ0n) is 13.3. The van der Waals surface area contributed by atoms with Gasteiger partial charge in [0.05, 0.1) is 24.1 Å². The summed E-state index contributed by atoms with van der Waals surface area (Å²) in [5.41, 5.74) is -2.16. The number of ether oxygens (including phenoxy) is 1. The number of alkyl halides is 3. The molecule has 2 rings (SSSR count). The first-order chi connectivity index (χ1) is 12.1. The van der Waals surface area contributed by atoms with Gasteiger partial charge < -0.3 is 5.11 Å². The van der Waals surface area contributed by atoms with E-state index in [1.807, 2.05) is 0 Å². The minimum absolute atomic E-state index is 0.0374. The van der Waals surface area contributed by atoms with Crippen molar-refractivity contribution in [3.63, 3.8) is 0 Å². The molecule has 0 radical (unpaired) electrons. The van der Waals surface area contributed by atoms with E-state index in [-0.39, 0.29) is 23.0 Å². The van der Waals surface area contributed by atoms with Crippen LogP contribution >= 0.6 is 11.3 Å². The van der Waals surface area contributed by atoms with E-state index in [1.54, 1.807) is 6.92 Å². The lowest BCUT2D eigenvalue weighted by Gasteiger charge is -2.12. The van der Waals surface area contributed by atoms with Gasteiger partial charge in [-0.1, -0.05) is 6.92 Å². The van der Waals surface area contributed by atoms with Gasteiger partial charge in [-0.25, -0.2) is 9.59 Å². The predicted octanol–water partition coefficient (Wildman–Crippen LogP) is 1.68. The summed E-state index contributed by atoms with van der Waals surface area (Å²) in [7, 11) is 0. The number of hydrogen-bond donors (Lipinski definition) is 1. The van der Waals surface area contributed by atoms with Gasteiger partial charge >= 0.3 is 18.0 Å². The predicted molar refractivity (Wildman–Crippen MR) is 85.0 cm³/mol. The number of carboxylic acid groups (broad SMARTS) is 1. The lowest BCUT2D eigenvalue weighted by atomic mass is 10.2. The van der Waals surface area contributed by atoms with Crippen molar-refractivity contribution in [2.24, 2.45) is 0 Å². The molecule has 0 saturated carbocycles. The lowest BCUT2D eigenvalue weighted by Crippen LogP contribution is -2.40. The van der Waals surface area contributed by atoms with Gasteiger partial charge in [-0.05, 0) is 6.42 Å². The van der Waals surface area contributed by atoms with Crippen LogP contribution in [0.15, 0.2) is 9.59 Å². The zero-order valence-corrected chi connectivity index (χ0v) is 14.1. The Balaban J connectivity index is 2.76. The molecule has 2 aromatic heterocycles. The van der Waals surface area contributed by atoms with Crippen LogP contribution in [0, 0.1) is 0 Å². The van der Waals surface area contributed by atoms with Crippen LogP contribution in [0.2, 0.25) is 0 Å². The molecule has 0 unspecified atom stereocenters. The number of nitrogens with zero attached hydrogens (tertiary/aromatic N) is 2. The highest BCUT2D eigenvalue weighted by atomic mass is 32.1. The highest BCUT2D eigenvalue weighted by Gasteiger charge is 2.29. The number of carbonyl (C=O) groups is 2. The molecule has 0 spiro atoms. The van der Waals surface area contributed by atoms with Crippen molar-refractivity contribution >= 4 is 33.8 Å². The molecule has 0 fully saturated rings. The largest absolute Gasteiger partial charge is 0.522 e. The third-order valence-electron chi connectivity index (χ3n) is 3.43. The molecular formula is C14H13F3N2O6S. The molecule has 0 aliphatic carbocycles. The van der Waals surface area contributed by atoms with Crippen LogP contribution in [-0.4, -0.2) is 39.5 Å². The highest BCUT2D eigenvalue weighted by molar-refractivity contribution is 7.20. The first-order valence-corrected chi connectivity index (χ1v) is 8.13. The van der Waals surface area contributed by atoms with Crippen molar-refractivity contribution in [1.29, 1.82) is 0 Å². The summed E-state index contributed by atoms with van der Waals surface area (Å²) in [5.74, 6) is -1.49. The van der Waals surface area contributed by atoms with Crippen LogP contribution in [0.3, 0.4) is 0 Å². The van der Waals surface area contributed by atoms with Crippen molar-refractivity contribution in [3.05, 3.63) is 31.3 Å². The third kappa shape index (κ3) is 3.70. The minimum Gasteiger partial charge on any atom is -0.477 e. The second-order valence-corrected chi connectivity index (χ2v) is 6.13. The van der Waals surface area contributed by atoms with E-state index in [4.69, 9.17) is 0 Å². The van der Waals surface area contributed by atoms with Crippen LogP contribution in [0.5, 0.6) is 0 Å². The summed E-state index contributed by atoms with van der Waals surface area (Å²) in [6.45, 7) is 0.144. The molecule has 26 heavy (non-hydrogen) atoms. The fourth-order valence-corrected chi connectivity index (χ4v) is 3.54. The number of aldehydes is 1. The Morgan fingerprint density at radius 3 is 2.42 bits per heavy atom. The SMILES string of the molecule is CCCn1c(=O)c2c(C=O)c(C(=O)O)sc2n(CCOC(F)(F)F)c1=O. The minimum atomic E-state index is -4.91. The monoisotopic (exact) mass is 394 g/mol. The Labute approximate surface area is 147 Å². The molecule has 12 heteroatoms. The lowest BCUT2D eigenvalue weighted by molar-refractivity contribution is -0.325. The number of hydrogen-bond acceptors (Lipinski definition) is 6. The second-order valence-electron chi connectivity index (χ2n) is 5.13. The molecule has 1 N–H and O–H groups in total. The number of rotatable bonds is 7. The Kier molecular flexibility index (Phi) is 5.66. The number of carbonyl (C=O) groups excluding carboxylic acids is 1. The fraction of sp³-hybridized carbons (Fsp3) is 0.429. The number of thiophene rings is 1. The van der Waals surface area contributed by atoms with Crippen molar-refractivity contribution in [1.82, 2.24) is 9.13 Å². The number of halogens is 3. The topological polar surface area (TPSA) is 108 Å². The number of carboxylic acids is 1. The fourth-order valence-electron chi connectivity index (χ4n) is 2.42. The van der Waals surface area contributed by atoms with Gasteiger partial charge in [0.25, 0.3) is 5.56 Å². The zero-order chi connectivity index (χ0) is 19.6. The van der Waals surface area contributed by atoms with Crippen molar-refractivity contribution < 1.29 is 32.6 Å². The Bertz CT molecular complexity index is 972. The van der Waals surface area contributed by atoms with Gasteiger partial charge in [0.2, 0.25) is 0 Å². The van der Waals surface area contributed by atoms with Gasteiger partial charge in [-0.15, -0.1) is 24.5 Å². The molecule has 0 saturated heterocycles. The van der Waals surface area contributed by atoms with Crippen molar-refractivity contribution in [2.45, 2.75) is 32.8 Å². The van der Waals surface area contributed by atoms with Crippen LogP contribution in [0.4, 0.5) is 13.2 Å². The van der Waals surface area contributed by atoms with E-state index in [9.17, 15) is 37.5 Å². The van der Waals surface area contributed by atoms with E-state index in [2.05, 4.69) is 4.74 Å². The highest BCUT2D eigenvalue weighted by Crippen LogP contribution is 2.27. The smallest absolute Gasteiger partial charge is 0.477 e. The van der Waals surface area contributed by atoms with E-state index >= 15 is 0 Å². The molecule has 142 valence electrons. The first-order valence-electron chi connectivity index (χ1n) is 7.31. The van der Waals surface area contributed by atoms with Gasteiger partial charge in [-0.3, -0.25) is 23.5 Å². The molecule has 8 nitrogen and oxygen atoms in total. The maximum atomic E-state index is 12.5. The molecule has 0 aliphatic heterocycles. The van der Waals surface area contributed by atoms with E-state index in [0.717, 1.165) is 9.13 Å². The number of aromatic carboxylic acids is 1. The normalized spacial score (nSPS) is 11.8. The molecule has 0 atom stereocenters. The van der Waals surface area contributed by atoms with Crippen molar-refractivity contribution in [3.8, 4) is 0 Å². The summed E-state index contributed by atoms with van der Waals surface area (Å²) in [4.78, 5) is 47.0. The standard InChI is InChI=1S/C14H13F3N2O6S/c1-2-3-18-10(21)8-7(6-20)9(12(22)23)26-11(8)19(13(18)24)4-5-25-14(15,16)17/h6H,2-5H2,1H3,(H,22,23). The average Bonchev–Trinajstić information content (AvgIpc) is 2.93. The number of fused-ring (bicyclic) bond motifs is 1. The van der Waals surface area contributed by atoms with Crippen molar-refractivity contribution in [2.75, 3.05) is 6.61 Å². The molecule has 0 bridgehead atoms. The Morgan fingerprint density at radius 1 is 1.27 bits per heavy atom. The molecular weight excluding hydrogens is 381 g/mol. The van der Waals surface area contributed by atoms with Gasteiger partial charge in [-0.2, -0.15) is 0 Å². The summed E-state index contributed by atoms with van der Waals surface area (Å²) in [6, 6.07) is 0. The van der Waals surface area contributed by atoms with Crippen LogP contribution < -0.4 is 11.2 Å². The molecule has 0 amide bonds. The second kappa shape index (κ2) is 7.41. The molecule has 2 heterocycles. The summed E-state index contributed by atoms with van der Waals surface area (Å²) in [5, 5.41) is 8.88. The maximum Gasteiger partial charge on any atom is 0.522 e. The van der Waals surface area contributed by atoms with Crippen LogP contribution in [0.25, 0.3) is 10.2 Å². The molecule has 0 aromatic carbocycles. The average molecular weight is 394 g/mol. The van der Waals surface area contributed by atoms with Crippen LogP contribution in [0.1, 0.15) is 33.4 Å².